The number of halogens is 1. The summed E-state index contributed by atoms with van der Waals surface area (Å²) in [6, 6.07) is 12.2. The molecule has 1 aromatic heterocycles. The van der Waals surface area contributed by atoms with Gasteiger partial charge >= 0.3 is 5.97 Å². The van der Waals surface area contributed by atoms with Gasteiger partial charge in [-0.15, -0.1) is 0 Å². The number of carbonyl (C=O) groups is 1. The molecule has 7 nitrogen and oxygen atoms in total. The second-order valence-electron chi connectivity index (χ2n) is 7.71. The number of carbonyl (C=O) groups excluding carboxylic acids is 1. The SMILES string of the molecule is COC(=O)c1ccc(-c2ccnc(Nc3ccc(N4CCOC(C)C4)c(F)c3)n2)cc1C. The van der Waals surface area contributed by atoms with Gasteiger partial charge in [0.05, 0.1) is 36.8 Å². The molecule has 0 bridgehead atoms. The molecule has 1 saturated heterocycles. The fraction of sp³-hybridized carbons (Fsp3) is 0.292. The van der Waals surface area contributed by atoms with Crippen molar-refractivity contribution in [2.45, 2.75) is 20.0 Å². The summed E-state index contributed by atoms with van der Waals surface area (Å²) in [5.74, 6) is -0.338. The number of nitrogens with one attached hydrogen (secondary N) is 1. The van der Waals surface area contributed by atoms with E-state index in [4.69, 9.17) is 9.47 Å². The van der Waals surface area contributed by atoms with E-state index in [1.807, 2.05) is 36.9 Å². The van der Waals surface area contributed by atoms with Crippen LogP contribution >= 0.6 is 0 Å². The van der Waals surface area contributed by atoms with Crippen LogP contribution < -0.4 is 10.2 Å². The Kier molecular flexibility index (Phi) is 6.32. The van der Waals surface area contributed by atoms with Crippen LogP contribution in [0.5, 0.6) is 0 Å². The van der Waals surface area contributed by atoms with E-state index in [1.54, 1.807) is 24.4 Å². The summed E-state index contributed by atoms with van der Waals surface area (Å²) >= 11 is 0. The van der Waals surface area contributed by atoms with Gasteiger partial charge in [-0.3, -0.25) is 0 Å². The molecule has 1 N–H and O–H groups in total. The Morgan fingerprint density at radius 1 is 1.25 bits per heavy atom. The zero-order valence-corrected chi connectivity index (χ0v) is 18.3. The quantitative estimate of drug-likeness (QED) is 0.596. The first-order chi connectivity index (χ1) is 15.4. The van der Waals surface area contributed by atoms with Crippen LogP contribution in [0.25, 0.3) is 11.3 Å². The minimum atomic E-state index is -0.379. The smallest absolute Gasteiger partial charge is 0.338 e. The van der Waals surface area contributed by atoms with Crippen molar-refractivity contribution in [1.82, 2.24) is 9.97 Å². The van der Waals surface area contributed by atoms with Gasteiger partial charge in [0.15, 0.2) is 0 Å². The summed E-state index contributed by atoms with van der Waals surface area (Å²) in [5, 5.41) is 3.07. The van der Waals surface area contributed by atoms with E-state index in [9.17, 15) is 9.18 Å². The molecule has 2 heterocycles. The minimum Gasteiger partial charge on any atom is -0.465 e. The van der Waals surface area contributed by atoms with E-state index >= 15 is 0 Å². The van der Waals surface area contributed by atoms with Crippen molar-refractivity contribution in [2.24, 2.45) is 0 Å². The van der Waals surface area contributed by atoms with Gasteiger partial charge in [-0.05, 0) is 55.8 Å². The molecule has 166 valence electrons. The summed E-state index contributed by atoms with van der Waals surface area (Å²) in [7, 11) is 1.36. The lowest BCUT2D eigenvalue weighted by molar-refractivity contribution is 0.0530. The molecular formula is C24H25FN4O3. The highest BCUT2D eigenvalue weighted by Gasteiger charge is 2.20. The first kappa shape index (κ1) is 21.7. The van der Waals surface area contributed by atoms with Gasteiger partial charge in [0.2, 0.25) is 5.95 Å². The van der Waals surface area contributed by atoms with Crippen molar-refractivity contribution in [1.29, 1.82) is 0 Å². The van der Waals surface area contributed by atoms with Gasteiger partial charge in [-0.2, -0.15) is 0 Å². The highest BCUT2D eigenvalue weighted by atomic mass is 19.1. The van der Waals surface area contributed by atoms with E-state index < -0.39 is 0 Å². The van der Waals surface area contributed by atoms with Crippen molar-refractivity contribution >= 4 is 23.3 Å². The molecule has 2 aromatic carbocycles. The molecule has 0 amide bonds. The number of aryl methyl sites for hydroxylation is 1. The third-order valence-corrected chi connectivity index (χ3v) is 5.37. The maximum absolute atomic E-state index is 14.8. The average molecular weight is 436 g/mol. The number of ether oxygens (including phenoxy) is 2. The molecule has 1 fully saturated rings. The zero-order valence-electron chi connectivity index (χ0n) is 18.3. The lowest BCUT2D eigenvalue weighted by Gasteiger charge is -2.33. The fourth-order valence-corrected chi connectivity index (χ4v) is 3.75. The molecular weight excluding hydrogens is 411 g/mol. The maximum Gasteiger partial charge on any atom is 0.338 e. The topological polar surface area (TPSA) is 76.6 Å². The van der Waals surface area contributed by atoms with Crippen LogP contribution in [0.2, 0.25) is 0 Å². The number of hydrogen-bond donors (Lipinski definition) is 1. The van der Waals surface area contributed by atoms with E-state index in [0.29, 0.717) is 48.3 Å². The molecule has 3 aromatic rings. The summed E-state index contributed by atoms with van der Waals surface area (Å²) < 4.78 is 25.1. The van der Waals surface area contributed by atoms with Crippen LogP contribution in [0, 0.1) is 12.7 Å². The summed E-state index contributed by atoms with van der Waals surface area (Å²) in [4.78, 5) is 22.6. The Balaban J connectivity index is 1.52. The van der Waals surface area contributed by atoms with E-state index in [0.717, 1.165) is 11.1 Å². The third kappa shape index (κ3) is 4.70. The van der Waals surface area contributed by atoms with Crippen molar-refractivity contribution in [3.63, 3.8) is 0 Å². The molecule has 0 radical (unpaired) electrons. The van der Waals surface area contributed by atoms with Crippen molar-refractivity contribution < 1.29 is 18.7 Å². The van der Waals surface area contributed by atoms with Crippen molar-refractivity contribution in [2.75, 3.05) is 37.0 Å². The predicted molar refractivity (Wildman–Crippen MR) is 121 cm³/mol. The van der Waals surface area contributed by atoms with Crippen LogP contribution in [0.3, 0.4) is 0 Å². The van der Waals surface area contributed by atoms with Crippen LogP contribution in [0.4, 0.5) is 21.7 Å². The molecule has 1 aliphatic heterocycles. The number of rotatable bonds is 5. The Morgan fingerprint density at radius 2 is 2.09 bits per heavy atom. The Morgan fingerprint density at radius 3 is 2.81 bits per heavy atom. The molecule has 32 heavy (non-hydrogen) atoms. The Labute approximate surface area is 186 Å². The molecule has 1 atom stereocenters. The van der Waals surface area contributed by atoms with Crippen LogP contribution in [-0.4, -0.2) is 48.8 Å². The van der Waals surface area contributed by atoms with Crippen LogP contribution in [-0.2, 0) is 9.47 Å². The highest BCUT2D eigenvalue weighted by Crippen LogP contribution is 2.27. The molecule has 4 rings (SSSR count). The number of benzene rings is 2. The number of esters is 1. The number of anilines is 3. The Hall–Kier alpha value is -3.52. The highest BCUT2D eigenvalue weighted by molar-refractivity contribution is 5.91. The van der Waals surface area contributed by atoms with Crippen LogP contribution in [0.1, 0.15) is 22.8 Å². The number of nitrogens with zero attached hydrogens (tertiary/aromatic N) is 3. The standard InChI is InChI=1S/C24H25FN4O3/c1-15-12-17(4-6-19(15)23(30)31-3)21-8-9-26-24(28-21)27-18-5-7-22(20(25)13-18)29-10-11-32-16(2)14-29/h4-9,12-13,16H,10-11,14H2,1-3H3,(H,26,27,28). The predicted octanol–water partition coefficient (Wildman–Crippen LogP) is 4.35. The van der Waals surface area contributed by atoms with Crippen LogP contribution in [0.15, 0.2) is 48.7 Å². The second-order valence-corrected chi connectivity index (χ2v) is 7.71. The van der Waals surface area contributed by atoms with Gasteiger partial charge in [0.1, 0.15) is 5.82 Å². The van der Waals surface area contributed by atoms with Crippen molar-refractivity contribution in [3.05, 3.63) is 65.6 Å². The average Bonchev–Trinajstić information content (AvgIpc) is 2.79. The monoisotopic (exact) mass is 436 g/mol. The molecule has 8 heteroatoms. The fourth-order valence-electron chi connectivity index (χ4n) is 3.75. The minimum absolute atomic E-state index is 0.0717. The van der Waals surface area contributed by atoms with Gasteiger partial charge in [0.25, 0.3) is 0 Å². The number of morpholine rings is 1. The summed E-state index contributed by atoms with van der Waals surface area (Å²) in [6.07, 6.45) is 1.70. The first-order valence-corrected chi connectivity index (χ1v) is 10.4. The van der Waals surface area contributed by atoms with E-state index in [1.165, 1.54) is 13.2 Å². The largest absolute Gasteiger partial charge is 0.465 e. The van der Waals surface area contributed by atoms with E-state index in [2.05, 4.69) is 15.3 Å². The van der Waals surface area contributed by atoms with Gasteiger partial charge in [0, 0.05) is 30.5 Å². The molecule has 1 unspecified atom stereocenters. The lowest BCUT2D eigenvalue weighted by atomic mass is 10.0. The maximum atomic E-state index is 14.8. The molecule has 1 aliphatic rings. The van der Waals surface area contributed by atoms with Gasteiger partial charge in [-0.25, -0.2) is 19.2 Å². The zero-order chi connectivity index (χ0) is 22.7. The molecule has 0 spiro atoms. The summed E-state index contributed by atoms with van der Waals surface area (Å²) in [6.45, 7) is 5.72. The second kappa shape index (κ2) is 9.32. The Bertz CT molecular complexity index is 1140. The normalized spacial score (nSPS) is 16.0. The third-order valence-electron chi connectivity index (χ3n) is 5.37. The van der Waals surface area contributed by atoms with Gasteiger partial charge in [-0.1, -0.05) is 6.07 Å². The van der Waals surface area contributed by atoms with E-state index in [-0.39, 0.29) is 17.9 Å². The number of hydrogen-bond acceptors (Lipinski definition) is 7. The molecule has 0 saturated carbocycles. The number of methoxy groups -OCH3 is 1. The van der Waals surface area contributed by atoms with Gasteiger partial charge < -0.3 is 19.7 Å². The molecule has 0 aliphatic carbocycles. The lowest BCUT2D eigenvalue weighted by Crippen LogP contribution is -2.41. The number of aromatic nitrogens is 2. The van der Waals surface area contributed by atoms with Crippen molar-refractivity contribution in [3.8, 4) is 11.3 Å². The summed E-state index contributed by atoms with van der Waals surface area (Å²) in [5.41, 5.74) is 3.93. The first-order valence-electron chi connectivity index (χ1n) is 10.4.